The molecule has 0 heterocycles. The van der Waals surface area contributed by atoms with Gasteiger partial charge in [-0.2, -0.15) is 0 Å². The van der Waals surface area contributed by atoms with Gasteiger partial charge >= 0.3 is 0 Å². The number of carbonyl (C=O) groups excluding carboxylic acids is 1. The zero-order chi connectivity index (χ0) is 15.2. The summed E-state index contributed by atoms with van der Waals surface area (Å²) < 4.78 is 13.0. The highest BCUT2D eigenvalue weighted by Gasteiger charge is 2.06. The first-order chi connectivity index (χ1) is 10.1. The molecule has 0 aromatic heterocycles. The van der Waals surface area contributed by atoms with E-state index in [1.807, 2.05) is 0 Å². The molecule has 6 heteroatoms. The number of rotatable bonds is 4. The predicted octanol–water partition coefficient (Wildman–Crippen LogP) is 2.10. The van der Waals surface area contributed by atoms with Crippen LogP contribution < -0.4 is 11.1 Å². The van der Waals surface area contributed by atoms with Crippen LogP contribution >= 0.6 is 0 Å². The lowest BCUT2D eigenvalue weighted by Gasteiger charge is -2.06. The molecule has 0 aliphatic heterocycles. The third kappa shape index (κ3) is 4.04. The van der Waals surface area contributed by atoms with Gasteiger partial charge in [-0.15, -0.1) is 0 Å². The summed E-state index contributed by atoms with van der Waals surface area (Å²) in [6, 6.07) is 12.4. The predicted molar refractivity (Wildman–Crippen MR) is 77.7 cm³/mol. The summed E-state index contributed by atoms with van der Waals surface area (Å²) >= 11 is 0. The second-order valence-electron chi connectivity index (χ2n) is 4.42. The van der Waals surface area contributed by atoms with Gasteiger partial charge in [-0.05, 0) is 42.0 Å². The first-order valence-electron chi connectivity index (χ1n) is 6.21. The van der Waals surface area contributed by atoms with Crippen molar-refractivity contribution in [1.29, 1.82) is 0 Å². The number of hydrogen-bond acceptors (Lipinski definition) is 3. The number of oxime groups is 1. The van der Waals surface area contributed by atoms with Crippen LogP contribution in [0.1, 0.15) is 11.1 Å². The van der Waals surface area contributed by atoms with E-state index < -0.39 is 0 Å². The van der Waals surface area contributed by atoms with Crippen molar-refractivity contribution in [1.82, 2.24) is 0 Å². The number of nitrogens with zero attached hydrogens (tertiary/aromatic N) is 1. The monoisotopic (exact) mass is 287 g/mol. The number of halogens is 1. The molecule has 21 heavy (non-hydrogen) atoms. The number of nitrogens with two attached hydrogens (primary N) is 1. The molecule has 0 saturated carbocycles. The molecular formula is C15H14FN3O2. The molecule has 108 valence electrons. The minimum absolute atomic E-state index is 0.00682. The highest BCUT2D eigenvalue weighted by atomic mass is 19.1. The fourth-order valence-electron chi connectivity index (χ4n) is 1.82. The van der Waals surface area contributed by atoms with E-state index in [4.69, 9.17) is 10.9 Å². The molecule has 0 saturated heterocycles. The summed E-state index contributed by atoms with van der Waals surface area (Å²) in [6.45, 7) is 0. The summed E-state index contributed by atoms with van der Waals surface area (Å²) in [5.74, 6) is -0.631. The molecule has 2 aromatic carbocycles. The lowest BCUT2D eigenvalue weighted by Crippen LogP contribution is -2.15. The van der Waals surface area contributed by atoms with Crippen molar-refractivity contribution >= 4 is 17.4 Å². The van der Waals surface area contributed by atoms with Crippen molar-refractivity contribution in [2.45, 2.75) is 6.42 Å². The molecule has 5 nitrogen and oxygen atoms in total. The first kappa shape index (κ1) is 14.5. The maximum Gasteiger partial charge on any atom is 0.228 e. The molecule has 0 aliphatic rings. The Hall–Kier alpha value is -2.89. The van der Waals surface area contributed by atoms with E-state index in [2.05, 4.69) is 10.5 Å². The molecule has 0 unspecified atom stereocenters. The first-order valence-corrected chi connectivity index (χ1v) is 6.21. The Morgan fingerprint density at radius 3 is 2.57 bits per heavy atom. The van der Waals surface area contributed by atoms with Crippen molar-refractivity contribution in [3.8, 4) is 0 Å². The SMILES string of the molecule is N/C(=N/O)c1ccc(NC(=O)Cc2cccc(F)c2)cc1. The van der Waals surface area contributed by atoms with Gasteiger partial charge in [0, 0.05) is 11.3 Å². The topological polar surface area (TPSA) is 87.7 Å². The summed E-state index contributed by atoms with van der Waals surface area (Å²) in [4.78, 5) is 11.8. The maximum absolute atomic E-state index is 13.0. The number of hydrogen-bond donors (Lipinski definition) is 3. The van der Waals surface area contributed by atoms with E-state index >= 15 is 0 Å². The minimum Gasteiger partial charge on any atom is -0.409 e. The van der Waals surface area contributed by atoms with Gasteiger partial charge in [0.1, 0.15) is 5.82 Å². The van der Waals surface area contributed by atoms with Crippen molar-refractivity contribution in [3.05, 3.63) is 65.5 Å². The van der Waals surface area contributed by atoms with Crippen LogP contribution in [-0.4, -0.2) is 17.0 Å². The zero-order valence-electron chi connectivity index (χ0n) is 11.1. The maximum atomic E-state index is 13.0. The fourth-order valence-corrected chi connectivity index (χ4v) is 1.82. The van der Waals surface area contributed by atoms with Gasteiger partial charge in [-0.3, -0.25) is 4.79 Å². The number of anilines is 1. The Kier molecular flexibility index (Phi) is 4.50. The molecule has 2 rings (SSSR count). The molecule has 0 atom stereocenters. The Morgan fingerprint density at radius 2 is 1.95 bits per heavy atom. The molecule has 1 amide bonds. The highest BCUT2D eigenvalue weighted by molar-refractivity contribution is 5.98. The normalized spacial score (nSPS) is 11.2. The summed E-state index contributed by atoms with van der Waals surface area (Å²) in [6.07, 6.45) is 0.0831. The van der Waals surface area contributed by atoms with Crippen LogP contribution in [0.25, 0.3) is 0 Å². The lowest BCUT2D eigenvalue weighted by atomic mass is 10.1. The Bertz CT molecular complexity index is 669. The Morgan fingerprint density at radius 1 is 1.24 bits per heavy atom. The van der Waals surface area contributed by atoms with E-state index in [-0.39, 0.29) is 24.0 Å². The van der Waals surface area contributed by atoms with E-state index in [0.717, 1.165) is 0 Å². The molecule has 4 N–H and O–H groups in total. The van der Waals surface area contributed by atoms with Gasteiger partial charge in [0.05, 0.1) is 6.42 Å². The van der Waals surface area contributed by atoms with Gasteiger partial charge in [0.15, 0.2) is 5.84 Å². The second kappa shape index (κ2) is 6.51. The number of amides is 1. The molecule has 0 radical (unpaired) electrons. The largest absolute Gasteiger partial charge is 0.409 e. The molecule has 0 spiro atoms. The van der Waals surface area contributed by atoms with Crippen LogP contribution in [0.15, 0.2) is 53.7 Å². The van der Waals surface area contributed by atoms with Crippen LogP contribution in [0, 0.1) is 5.82 Å². The average Bonchev–Trinajstić information content (AvgIpc) is 2.47. The summed E-state index contributed by atoms with van der Waals surface area (Å²) in [5.41, 5.74) is 7.15. The molecule has 2 aromatic rings. The third-order valence-corrected chi connectivity index (χ3v) is 2.83. The van der Waals surface area contributed by atoms with Gasteiger partial charge < -0.3 is 16.3 Å². The molecule has 0 fully saturated rings. The highest BCUT2D eigenvalue weighted by Crippen LogP contribution is 2.11. The minimum atomic E-state index is -0.372. The van der Waals surface area contributed by atoms with E-state index in [1.54, 1.807) is 36.4 Å². The summed E-state index contributed by atoms with van der Waals surface area (Å²) in [5, 5.41) is 14.1. The van der Waals surface area contributed by atoms with E-state index in [9.17, 15) is 9.18 Å². The lowest BCUT2D eigenvalue weighted by molar-refractivity contribution is -0.115. The molecule has 0 aliphatic carbocycles. The molecule has 0 bridgehead atoms. The number of benzene rings is 2. The van der Waals surface area contributed by atoms with E-state index in [0.29, 0.717) is 16.8 Å². The van der Waals surface area contributed by atoms with Gasteiger partial charge in [-0.25, -0.2) is 4.39 Å². The fraction of sp³-hybridized carbons (Fsp3) is 0.0667. The van der Waals surface area contributed by atoms with Crippen molar-refractivity contribution in [2.24, 2.45) is 10.9 Å². The van der Waals surface area contributed by atoms with E-state index in [1.165, 1.54) is 12.1 Å². The quantitative estimate of drug-likeness (QED) is 0.348. The zero-order valence-corrected chi connectivity index (χ0v) is 11.1. The van der Waals surface area contributed by atoms with Crippen molar-refractivity contribution < 1.29 is 14.4 Å². The van der Waals surface area contributed by atoms with Crippen LogP contribution in [0.2, 0.25) is 0 Å². The number of carbonyl (C=O) groups is 1. The third-order valence-electron chi connectivity index (χ3n) is 2.83. The van der Waals surface area contributed by atoms with Crippen LogP contribution in [0.3, 0.4) is 0 Å². The standard InChI is InChI=1S/C15H14FN3O2/c16-12-3-1-2-10(8-12)9-14(20)18-13-6-4-11(5-7-13)15(17)19-21/h1-8,21H,9H2,(H2,17,19)(H,18,20). The molecular weight excluding hydrogens is 273 g/mol. The smallest absolute Gasteiger partial charge is 0.228 e. The number of amidine groups is 1. The van der Waals surface area contributed by atoms with Crippen molar-refractivity contribution in [2.75, 3.05) is 5.32 Å². The van der Waals surface area contributed by atoms with Gasteiger partial charge in [0.2, 0.25) is 5.91 Å². The van der Waals surface area contributed by atoms with Crippen molar-refractivity contribution in [3.63, 3.8) is 0 Å². The number of nitrogens with one attached hydrogen (secondary N) is 1. The average molecular weight is 287 g/mol. The van der Waals surface area contributed by atoms with Gasteiger partial charge in [0.25, 0.3) is 0 Å². The Labute approximate surface area is 120 Å². The van der Waals surface area contributed by atoms with Crippen LogP contribution in [-0.2, 0) is 11.2 Å². The Balaban J connectivity index is 2.00. The van der Waals surface area contributed by atoms with Crippen LogP contribution in [0.5, 0.6) is 0 Å². The van der Waals surface area contributed by atoms with Gasteiger partial charge in [-0.1, -0.05) is 17.3 Å². The van der Waals surface area contributed by atoms with Crippen LogP contribution in [0.4, 0.5) is 10.1 Å². The summed E-state index contributed by atoms with van der Waals surface area (Å²) in [7, 11) is 0. The second-order valence-corrected chi connectivity index (χ2v) is 4.42.